The van der Waals surface area contributed by atoms with E-state index in [4.69, 9.17) is 33.3 Å². The summed E-state index contributed by atoms with van der Waals surface area (Å²) in [6, 6.07) is 20.1. The third kappa shape index (κ3) is 5.73. The van der Waals surface area contributed by atoms with E-state index in [0.29, 0.717) is 39.2 Å². The Labute approximate surface area is 223 Å². The second kappa shape index (κ2) is 11.6. The molecule has 3 aromatic carbocycles. The maximum absolute atomic E-state index is 13.2. The van der Waals surface area contributed by atoms with E-state index in [1.807, 2.05) is 25.1 Å². The van der Waals surface area contributed by atoms with Crippen LogP contribution < -0.4 is 9.47 Å². The fourth-order valence-corrected chi connectivity index (χ4v) is 5.17. The highest BCUT2D eigenvalue weighted by molar-refractivity contribution is 8.26. The van der Waals surface area contributed by atoms with Crippen molar-refractivity contribution in [1.82, 2.24) is 4.90 Å². The first-order valence-electron chi connectivity index (χ1n) is 11.1. The molecule has 1 amide bonds. The Morgan fingerprint density at radius 1 is 1.08 bits per heavy atom. The SMILES string of the molecule is CCOc1cc(C=C2SC(=S)N(C(C(=O)O)c3ccccc3)C2=O)ccc1OCc1ccccc1Cl. The molecular formula is C27H22ClNO5S2. The van der Waals surface area contributed by atoms with E-state index in [0.717, 1.165) is 22.2 Å². The zero-order valence-corrected chi connectivity index (χ0v) is 21.6. The van der Waals surface area contributed by atoms with Crippen LogP contribution in [0.3, 0.4) is 0 Å². The molecule has 0 radical (unpaired) electrons. The number of carbonyl (C=O) groups excluding carboxylic acids is 1. The number of hydrogen-bond donors (Lipinski definition) is 1. The predicted molar refractivity (Wildman–Crippen MR) is 145 cm³/mol. The topological polar surface area (TPSA) is 76.1 Å². The third-order valence-corrected chi connectivity index (χ3v) is 7.04. The molecular weight excluding hydrogens is 518 g/mol. The van der Waals surface area contributed by atoms with Gasteiger partial charge in [-0.3, -0.25) is 9.69 Å². The van der Waals surface area contributed by atoms with Crippen molar-refractivity contribution in [1.29, 1.82) is 0 Å². The van der Waals surface area contributed by atoms with Crippen LogP contribution in [0.1, 0.15) is 29.7 Å². The van der Waals surface area contributed by atoms with Crippen LogP contribution in [0, 0.1) is 0 Å². The zero-order chi connectivity index (χ0) is 25.7. The van der Waals surface area contributed by atoms with Crippen LogP contribution in [-0.4, -0.2) is 32.8 Å². The zero-order valence-electron chi connectivity index (χ0n) is 19.2. The van der Waals surface area contributed by atoms with E-state index in [2.05, 4.69) is 0 Å². The molecule has 1 unspecified atom stereocenters. The first kappa shape index (κ1) is 25.8. The highest BCUT2D eigenvalue weighted by Crippen LogP contribution is 2.39. The van der Waals surface area contributed by atoms with Crippen molar-refractivity contribution in [2.24, 2.45) is 0 Å². The van der Waals surface area contributed by atoms with Crippen LogP contribution in [-0.2, 0) is 16.2 Å². The predicted octanol–water partition coefficient (Wildman–Crippen LogP) is 6.34. The molecule has 1 aliphatic rings. The minimum Gasteiger partial charge on any atom is -0.490 e. The molecule has 4 rings (SSSR count). The quantitative estimate of drug-likeness (QED) is 0.251. The first-order chi connectivity index (χ1) is 17.4. The highest BCUT2D eigenvalue weighted by atomic mass is 35.5. The summed E-state index contributed by atoms with van der Waals surface area (Å²) in [6.07, 6.45) is 1.67. The molecule has 1 aliphatic heterocycles. The van der Waals surface area contributed by atoms with Gasteiger partial charge in [0, 0.05) is 10.6 Å². The van der Waals surface area contributed by atoms with E-state index in [1.165, 1.54) is 0 Å². The van der Waals surface area contributed by atoms with Gasteiger partial charge >= 0.3 is 5.97 Å². The number of carbonyl (C=O) groups is 2. The third-order valence-electron chi connectivity index (χ3n) is 5.34. The second-order valence-corrected chi connectivity index (χ2v) is 9.81. The van der Waals surface area contributed by atoms with E-state index >= 15 is 0 Å². The van der Waals surface area contributed by atoms with Gasteiger partial charge in [0.25, 0.3) is 5.91 Å². The van der Waals surface area contributed by atoms with Gasteiger partial charge < -0.3 is 14.6 Å². The lowest BCUT2D eigenvalue weighted by Gasteiger charge is -2.23. The van der Waals surface area contributed by atoms with Gasteiger partial charge in [-0.25, -0.2) is 4.79 Å². The molecule has 3 aromatic rings. The lowest BCUT2D eigenvalue weighted by atomic mass is 10.1. The molecule has 0 spiro atoms. The Morgan fingerprint density at radius 3 is 2.50 bits per heavy atom. The van der Waals surface area contributed by atoms with Gasteiger partial charge in [-0.15, -0.1) is 0 Å². The van der Waals surface area contributed by atoms with Gasteiger partial charge in [-0.1, -0.05) is 90.2 Å². The van der Waals surface area contributed by atoms with Crippen molar-refractivity contribution in [3.05, 3.63) is 99.4 Å². The molecule has 184 valence electrons. The summed E-state index contributed by atoms with van der Waals surface area (Å²) in [5, 5.41) is 10.5. The number of nitrogens with zero attached hydrogens (tertiary/aromatic N) is 1. The summed E-state index contributed by atoms with van der Waals surface area (Å²) in [5.41, 5.74) is 2.01. The van der Waals surface area contributed by atoms with Crippen LogP contribution in [0.4, 0.5) is 0 Å². The summed E-state index contributed by atoms with van der Waals surface area (Å²) in [6.45, 7) is 2.56. The largest absolute Gasteiger partial charge is 0.490 e. The van der Waals surface area contributed by atoms with Crippen molar-refractivity contribution >= 4 is 57.9 Å². The summed E-state index contributed by atoms with van der Waals surface area (Å²) in [4.78, 5) is 26.8. The number of rotatable bonds is 9. The Morgan fingerprint density at radius 2 is 1.81 bits per heavy atom. The number of hydrogen-bond acceptors (Lipinski definition) is 6. The fourth-order valence-electron chi connectivity index (χ4n) is 3.66. The van der Waals surface area contributed by atoms with E-state index in [-0.39, 0.29) is 10.9 Å². The van der Waals surface area contributed by atoms with E-state index < -0.39 is 17.9 Å². The number of aliphatic carboxylic acids is 1. The fraction of sp³-hybridized carbons (Fsp3) is 0.148. The Bertz CT molecular complexity index is 1330. The maximum Gasteiger partial charge on any atom is 0.331 e. The normalized spacial score (nSPS) is 15.3. The second-order valence-electron chi connectivity index (χ2n) is 7.72. The molecule has 1 atom stereocenters. The van der Waals surface area contributed by atoms with Gasteiger partial charge in [0.15, 0.2) is 17.5 Å². The van der Waals surface area contributed by atoms with E-state index in [1.54, 1.807) is 60.7 Å². The molecule has 6 nitrogen and oxygen atoms in total. The molecule has 1 N–H and O–H groups in total. The summed E-state index contributed by atoms with van der Waals surface area (Å²) in [7, 11) is 0. The smallest absolute Gasteiger partial charge is 0.331 e. The highest BCUT2D eigenvalue weighted by Gasteiger charge is 2.41. The molecule has 1 fully saturated rings. The summed E-state index contributed by atoms with van der Waals surface area (Å²) in [5.74, 6) is -0.561. The van der Waals surface area contributed by atoms with Crippen LogP contribution in [0.15, 0.2) is 77.7 Å². The van der Waals surface area contributed by atoms with Gasteiger partial charge in [0.2, 0.25) is 0 Å². The lowest BCUT2D eigenvalue weighted by molar-refractivity contribution is -0.145. The number of amides is 1. The number of thiocarbonyl (C=S) groups is 1. The number of thioether (sulfide) groups is 1. The molecule has 0 saturated carbocycles. The van der Waals surface area contributed by atoms with Crippen LogP contribution in [0.5, 0.6) is 11.5 Å². The number of halogens is 1. The summed E-state index contributed by atoms with van der Waals surface area (Å²) >= 11 is 12.7. The molecule has 9 heteroatoms. The number of ether oxygens (including phenoxy) is 2. The Hall–Kier alpha value is -3.33. The van der Waals surface area contributed by atoms with Crippen molar-refractivity contribution in [3.8, 4) is 11.5 Å². The van der Waals surface area contributed by atoms with Crippen molar-refractivity contribution < 1.29 is 24.2 Å². The first-order valence-corrected chi connectivity index (χ1v) is 12.7. The van der Waals surface area contributed by atoms with Crippen molar-refractivity contribution in [2.45, 2.75) is 19.6 Å². The van der Waals surface area contributed by atoms with Crippen LogP contribution >= 0.6 is 35.6 Å². The monoisotopic (exact) mass is 539 g/mol. The van der Waals surface area contributed by atoms with Gasteiger partial charge in [-0.2, -0.15) is 0 Å². The van der Waals surface area contributed by atoms with Crippen molar-refractivity contribution in [2.75, 3.05) is 6.61 Å². The standard InChI is InChI=1S/C27H22ClNO5S2/c1-2-33-22-14-17(12-13-21(22)34-16-19-10-6-7-11-20(19)28)15-23-25(30)29(27(35)36-23)24(26(31)32)18-8-4-3-5-9-18/h3-15,24H,2,16H2,1H3,(H,31,32). The van der Waals surface area contributed by atoms with Crippen LogP contribution in [0.2, 0.25) is 5.02 Å². The Balaban J connectivity index is 1.58. The minimum atomic E-state index is -1.20. The molecule has 0 bridgehead atoms. The molecule has 1 saturated heterocycles. The van der Waals surface area contributed by atoms with Gasteiger partial charge in [-0.05, 0) is 42.3 Å². The number of carboxylic acids is 1. The molecule has 0 aliphatic carbocycles. The van der Waals surface area contributed by atoms with Crippen molar-refractivity contribution in [3.63, 3.8) is 0 Å². The summed E-state index contributed by atoms with van der Waals surface area (Å²) < 4.78 is 11.9. The maximum atomic E-state index is 13.2. The van der Waals surface area contributed by atoms with E-state index in [9.17, 15) is 14.7 Å². The average Bonchev–Trinajstić information content (AvgIpc) is 3.13. The Kier molecular flexibility index (Phi) is 8.30. The average molecular weight is 540 g/mol. The van der Waals surface area contributed by atoms with Crippen LogP contribution in [0.25, 0.3) is 6.08 Å². The minimum absolute atomic E-state index is 0.187. The lowest BCUT2D eigenvalue weighted by Crippen LogP contribution is -2.37. The molecule has 0 aromatic heterocycles. The van der Waals surface area contributed by atoms with Gasteiger partial charge in [0.05, 0.1) is 11.5 Å². The van der Waals surface area contributed by atoms with Gasteiger partial charge in [0.1, 0.15) is 10.9 Å². The number of carboxylic acid groups (broad SMARTS) is 1. The molecule has 36 heavy (non-hydrogen) atoms. The molecule has 1 heterocycles. The number of benzene rings is 3.